The molecule has 0 radical (unpaired) electrons. The maximum absolute atomic E-state index is 16.3. The molecule has 7 nitrogen and oxygen atoms in total. The summed E-state index contributed by atoms with van der Waals surface area (Å²) in [5.74, 6) is -4.76. The van der Waals surface area contributed by atoms with Gasteiger partial charge in [-0.25, -0.2) is 4.99 Å². The van der Waals surface area contributed by atoms with Crippen LogP contribution >= 0.6 is 0 Å². The van der Waals surface area contributed by atoms with Gasteiger partial charge in [-0.15, -0.1) is 0 Å². The minimum atomic E-state index is -3.85. The Bertz CT molecular complexity index is 1550. The molecule has 0 saturated heterocycles. The van der Waals surface area contributed by atoms with Crippen molar-refractivity contribution in [3.05, 3.63) is 89.5 Å². The van der Waals surface area contributed by atoms with E-state index in [1.54, 1.807) is 24.3 Å². The third-order valence-corrected chi connectivity index (χ3v) is 9.60. The van der Waals surface area contributed by atoms with E-state index in [-0.39, 0.29) is 11.6 Å². The molecular weight excluding hydrogens is 685 g/mol. The summed E-state index contributed by atoms with van der Waals surface area (Å²) in [5, 5.41) is 13.1. The second-order valence-electron chi connectivity index (χ2n) is 13.7. The number of amides is 2. The Labute approximate surface area is 323 Å². The number of nitrogens with two attached hydrogens (primary N) is 1. The zero-order valence-electron chi connectivity index (χ0n) is 33.8. The van der Waals surface area contributed by atoms with Crippen LogP contribution < -0.4 is 15.8 Å². The van der Waals surface area contributed by atoms with Crippen LogP contribution in [-0.4, -0.2) is 41.3 Å². The van der Waals surface area contributed by atoms with Gasteiger partial charge in [-0.1, -0.05) is 134 Å². The lowest BCUT2D eigenvalue weighted by Gasteiger charge is -2.27. The first-order valence-electron chi connectivity index (χ1n) is 20.1. The van der Waals surface area contributed by atoms with Gasteiger partial charge in [0.25, 0.3) is 11.8 Å². The second-order valence-corrected chi connectivity index (χ2v) is 13.7. The van der Waals surface area contributed by atoms with Crippen LogP contribution in [0.15, 0.2) is 77.8 Å². The molecule has 2 saturated carbocycles. The monoisotopic (exact) mass is 749 g/mol. The van der Waals surface area contributed by atoms with E-state index in [0.717, 1.165) is 42.4 Å². The summed E-state index contributed by atoms with van der Waals surface area (Å²) < 4.78 is 38.6. The molecule has 0 bridgehead atoms. The van der Waals surface area contributed by atoms with Gasteiger partial charge in [0.1, 0.15) is 5.75 Å². The molecule has 0 spiro atoms. The third-order valence-electron chi connectivity index (χ3n) is 9.60. The number of halogens is 2. The summed E-state index contributed by atoms with van der Waals surface area (Å²) in [6.07, 6.45) is 6.37. The van der Waals surface area contributed by atoms with Crippen molar-refractivity contribution >= 4 is 17.5 Å². The van der Waals surface area contributed by atoms with Crippen LogP contribution in [0, 0.1) is 18.8 Å². The molecule has 4 N–H and O–H groups in total. The van der Waals surface area contributed by atoms with Gasteiger partial charge < -0.3 is 20.9 Å². The molecule has 54 heavy (non-hydrogen) atoms. The van der Waals surface area contributed by atoms with E-state index in [0.29, 0.717) is 42.7 Å². The highest BCUT2D eigenvalue weighted by molar-refractivity contribution is 6.00. The number of benzene rings is 3. The molecule has 4 atom stereocenters. The molecule has 0 aliphatic heterocycles. The summed E-state index contributed by atoms with van der Waals surface area (Å²) in [7, 11) is 0. The first-order valence-corrected chi connectivity index (χ1v) is 20.1. The fraction of sp³-hybridized carbons (Fsp3) is 0.533. The lowest BCUT2D eigenvalue weighted by atomic mass is 9.90. The van der Waals surface area contributed by atoms with Crippen molar-refractivity contribution in [2.24, 2.45) is 22.6 Å². The number of rotatable bonds is 10. The molecule has 2 amide bonds. The average molecular weight is 750 g/mol. The molecule has 2 aliphatic rings. The van der Waals surface area contributed by atoms with Crippen LogP contribution in [0.3, 0.4) is 0 Å². The van der Waals surface area contributed by atoms with Gasteiger partial charge in [-0.05, 0) is 79.7 Å². The molecule has 2 fully saturated rings. The van der Waals surface area contributed by atoms with Crippen LogP contribution in [0.1, 0.15) is 129 Å². The van der Waals surface area contributed by atoms with E-state index in [1.165, 1.54) is 43.5 Å². The number of carbonyl (C=O) groups is 2. The molecule has 0 aromatic heterocycles. The van der Waals surface area contributed by atoms with Crippen molar-refractivity contribution in [1.29, 1.82) is 0 Å². The lowest BCUT2D eigenvalue weighted by Crippen LogP contribution is -2.52. The zero-order valence-corrected chi connectivity index (χ0v) is 33.8. The highest BCUT2D eigenvalue weighted by Gasteiger charge is 2.48. The molecule has 5 rings (SSSR count). The van der Waals surface area contributed by atoms with Crippen molar-refractivity contribution in [3.63, 3.8) is 0 Å². The summed E-state index contributed by atoms with van der Waals surface area (Å²) >= 11 is 0. The summed E-state index contributed by atoms with van der Waals surface area (Å²) in [4.78, 5) is 31.0. The Morgan fingerprint density at radius 1 is 0.870 bits per heavy atom. The normalized spacial score (nSPS) is 19.2. The highest BCUT2D eigenvalue weighted by Crippen LogP contribution is 2.35. The number of alkyl halides is 2. The lowest BCUT2D eigenvalue weighted by molar-refractivity contribution is -0.142. The number of aryl methyl sites for hydroxylation is 1. The van der Waals surface area contributed by atoms with E-state index in [4.69, 9.17) is 10.5 Å². The molecule has 298 valence electrons. The van der Waals surface area contributed by atoms with E-state index in [9.17, 15) is 14.7 Å². The summed E-state index contributed by atoms with van der Waals surface area (Å²) in [6, 6.07) is 17.0. The van der Waals surface area contributed by atoms with Gasteiger partial charge >= 0.3 is 5.92 Å². The minimum Gasteiger partial charge on any atom is -0.493 e. The fourth-order valence-corrected chi connectivity index (χ4v) is 6.65. The molecular formula is C45H65F2N3O4. The number of hydrogen-bond acceptors (Lipinski definition) is 5. The van der Waals surface area contributed by atoms with Gasteiger partial charge in [0.05, 0.1) is 6.61 Å². The van der Waals surface area contributed by atoms with Crippen LogP contribution in [0.25, 0.3) is 11.1 Å². The van der Waals surface area contributed by atoms with Gasteiger partial charge in [0, 0.05) is 23.7 Å². The predicted molar refractivity (Wildman–Crippen MR) is 218 cm³/mol. The number of nitrogens with zero attached hydrogens (tertiary/aromatic N) is 1. The number of carbonyl (C=O) groups excluding carboxylic acids is 2. The number of ether oxygens (including phenoxy) is 1. The second kappa shape index (κ2) is 23.8. The zero-order chi connectivity index (χ0) is 40.3. The molecule has 2 aliphatic carbocycles. The van der Waals surface area contributed by atoms with Gasteiger partial charge in [-0.3, -0.25) is 9.59 Å². The largest absolute Gasteiger partial charge is 0.493 e. The standard InChI is InChI=1S/C39H47F2N3O4.3C2H6/c1-25-8-11-28(12-9-25)29-13-17-31(18-14-29)39(40,41)36(38(47)43-33-19-10-26(2)22-32(42)23-33)44-37(46)35(45)30-15-20-34(21-16-30)48-24-27-6-4-3-5-7-27;3*1-2/h8-9,11-18,20-21,26-27,32,35-36,45H,3-7,10,19,22-24,42H2,1-2H3,(H,44,46);3*1-2H3. The maximum Gasteiger partial charge on any atom is 0.302 e. The van der Waals surface area contributed by atoms with Crippen LogP contribution in [-0.2, 0) is 15.5 Å². The Morgan fingerprint density at radius 2 is 1.43 bits per heavy atom. The highest BCUT2D eigenvalue weighted by atomic mass is 19.3. The Morgan fingerprint density at radius 3 is 2.00 bits per heavy atom. The van der Waals surface area contributed by atoms with Gasteiger partial charge in [-0.2, -0.15) is 8.78 Å². The van der Waals surface area contributed by atoms with Crippen molar-refractivity contribution in [3.8, 4) is 16.9 Å². The van der Waals surface area contributed by atoms with E-state index in [2.05, 4.69) is 17.2 Å². The number of aliphatic hydroxyl groups is 1. The Kier molecular flexibility index (Phi) is 20.3. The van der Waals surface area contributed by atoms with Gasteiger partial charge in [0.15, 0.2) is 12.1 Å². The van der Waals surface area contributed by atoms with E-state index < -0.39 is 35.4 Å². The first-order chi connectivity index (χ1) is 26.0. The van der Waals surface area contributed by atoms with E-state index >= 15 is 8.78 Å². The molecule has 3 aromatic carbocycles. The molecule has 0 heterocycles. The van der Waals surface area contributed by atoms with Crippen LogP contribution in [0.2, 0.25) is 0 Å². The SMILES string of the molecule is CC.CC.CC.Cc1ccc(-c2ccc(C(F)(F)C(NC(=O)C(O)c3ccc(OCC4CCCCC4)cc3)C(=O)N=C3CCC(C)CC(N)C3)cc2)cc1. The smallest absolute Gasteiger partial charge is 0.302 e. The first kappa shape index (κ1) is 46.2. The third kappa shape index (κ3) is 13.7. The maximum atomic E-state index is 16.3. The van der Waals surface area contributed by atoms with Crippen LogP contribution in [0.5, 0.6) is 5.75 Å². The fourth-order valence-electron chi connectivity index (χ4n) is 6.65. The van der Waals surface area contributed by atoms with Crippen molar-refractivity contribution < 1.29 is 28.2 Å². The van der Waals surface area contributed by atoms with Crippen molar-refractivity contribution in [1.82, 2.24) is 5.32 Å². The molecule has 4 unspecified atom stereocenters. The number of hydrogen-bond donors (Lipinski definition) is 3. The molecule has 9 heteroatoms. The summed E-state index contributed by atoms with van der Waals surface area (Å²) in [5.41, 5.74) is 9.03. The van der Waals surface area contributed by atoms with Gasteiger partial charge in [0.2, 0.25) is 0 Å². The van der Waals surface area contributed by atoms with E-state index in [1.807, 2.05) is 72.7 Å². The summed E-state index contributed by atoms with van der Waals surface area (Å²) in [6.45, 7) is 16.6. The minimum absolute atomic E-state index is 0.185. The quantitative estimate of drug-likeness (QED) is 0.179. The Balaban J connectivity index is 0.00000160. The topological polar surface area (TPSA) is 114 Å². The van der Waals surface area contributed by atoms with Crippen LogP contribution in [0.4, 0.5) is 8.78 Å². The Hall–Kier alpha value is -3.95. The van der Waals surface area contributed by atoms with Crippen molar-refractivity contribution in [2.75, 3.05) is 6.61 Å². The predicted octanol–water partition coefficient (Wildman–Crippen LogP) is 10.5. The number of aliphatic hydroxyl groups excluding tert-OH is 1. The number of nitrogens with one attached hydrogen (secondary N) is 1. The number of aliphatic imine (C=N–C) groups is 1. The molecule has 3 aromatic rings. The average Bonchev–Trinajstić information content (AvgIpc) is 3.37. The van der Waals surface area contributed by atoms with Crippen molar-refractivity contribution in [2.45, 2.75) is 137 Å².